The van der Waals surface area contributed by atoms with Crippen LogP contribution in [0.1, 0.15) is 41.5 Å². The van der Waals surface area contributed by atoms with Crippen molar-refractivity contribution in [2.75, 3.05) is 27.4 Å². The molecule has 160 valence electrons. The number of nitrogens with zero attached hydrogens (tertiary/aromatic N) is 2. The van der Waals surface area contributed by atoms with E-state index in [9.17, 15) is 0 Å². The molecule has 1 fully saturated rings. The van der Waals surface area contributed by atoms with Crippen LogP contribution in [0, 0.1) is 11.8 Å². The van der Waals surface area contributed by atoms with E-state index in [-0.39, 0.29) is 12.1 Å². The molecule has 8 heteroatoms. The van der Waals surface area contributed by atoms with Crippen molar-refractivity contribution in [3.63, 3.8) is 0 Å². The SMILES string of the molecule is CO[C@]1(C)O[C@@H](C2=N[C@@H](C(C)C)CO2)[C@H](C2=N[C@@H](C(C)C)CO2)O[C@@]1(C)OC. The normalized spacial score (nSPS) is 41.1. The fourth-order valence-electron chi connectivity index (χ4n) is 3.46. The van der Waals surface area contributed by atoms with Gasteiger partial charge < -0.3 is 28.4 Å². The molecular weight excluding hydrogens is 364 g/mol. The van der Waals surface area contributed by atoms with Gasteiger partial charge in [0, 0.05) is 14.2 Å². The van der Waals surface area contributed by atoms with E-state index < -0.39 is 23.8 Å². The Morgan fingerprint density at radius 2 is 1.14 bits per heavy atom. The van der Waals surface area contributed by atoms with Crippen molar-refractivity contribution in [3.8, 4) is 0 Å². The van der Waals surface area contributed by atoms with Crippen LogP contribution in [-0.4, -0.2) is 75.1 Å². The minimum Gasteiger partial charge on any atom is -0.477 e. The van der Waals surface area contributed by atoms with E-state index in [1.165, 1.54) is 0 Å². The van der Waals surface area contributed by atoms with Gasteiger partial charge in [0.05, 0.1) is 12.1 Å². The second-order valence-corrected chi connectivity index (χ2v) is 8.56. The summed E-state index contributed by atoms with van der Waals surface area (Å²) in [6.45, 7) is 13.1. The molecule has 3 rings (SSSR count). The van der Waals surface area contributed by atoms with Gasteiger partial charge in [-0.2, -0.15) is 0 Å². The lowest BCUT2D eigenvalue weighted by molar-refractivity contribution is -0.433. The molecule has 0 bridgehead atoms. The minimum atomic E-state index is -1.17. The maximum atomic E-state index is 6.37. The van der Waals surface area contributed by atoms with Gasteiger partial charge in [0.25, 0.3) is 0 Å². The Balaban J connectivity index is 1.96. The Kier molecular flexibility index (Phi) is 6.06. The molecule has 0 aliphatic carbocycles. The van der Waals surface area contributed by atoms with Gasteiger partial charge in [-0.05, 0) is 25.7 Å². The van der Waals surface area contributed by atoms with Crippen LogP contribution in [0.4, 0.5) is 0 Å². The number of rotatable bonds is 6. The second kappa shape index (κ2) is 7.89. The number of methoxy groups -OCH3 is 2. The molecule has 0 spiro atoms. The molecule has 0 N–H and O–H groups in total. The minimum absolute atomic E-state index is 0.0821. The monoisotopic (exact) mass is 398 g/mol. The quantitative estimate of drug-likeness (QED) is 0.684. The molecule has 0 aromatic rings. The summed E-state index contributed by atoms with van der Waals surface area (Å²) >= 11 is 0. The fourth-order valence-corrected chi connectivity index (χ4v) is 3.46. The van der Waals surface area contributed by atoms with E-state index in [0.717, 1.165) is 0 Å². The van der Waals surface area contributed by atoms with Crippen molar-refractivity contribution in [2.24, 2.45) is 21.8 Å². The van der Waals surface area contributed by atoms with E-state index in [4.69, 9.17) is 38.4 Å². The molecule has 0 aromatic heterocycles. The van der Waals surface area contributed by atoms with E-state index in [0.29, 0.717) is 36.8 Å². The zero-order valence-electron chi connectivity index (χ0n) is 18.2. The van der Waals surface area contributed by atoms with Gasteiger partial charge in [0.1, 0.15) is 13.2 Å². The van der Waals surface area contributed by atoms with Crippen LogP contribution in [-0.2, 0) is 28.4 Å². The molecule has 1 saturated heterocycles. The standard InChI is InChI=1S/C20H34N2O6/c1-11(2)13-9-25-17(21-13)15-16(18-22-14(10-26-18)12(3)4)28-20(6,24-8)19(5,23-7)27-15/h11-16H,9-10H2,1-8H3/t13-,14-,15-,16-,19-,20-/m1/s1. The van der Waals surface area contributed by atoms with Gasteiger partial charge in [0.2, 0.25) is 23.4 Å². The van der Waals surface area contributed by atoms with E-state index >= 15 is 0 Å². The molecule has 0 radical (unpaired) electrons. The molecule has 28 heavy (non-hydrogen) atoms. The summed E-state index contributed by atoms with van der Waals surface area (Å²) in [5.41, 5.74) is 0. The van der Waals surface area contributed by atoms with Crippen molar-refractivity contribution in [3.05, 3.63) is 0 Å². The lowest BCUT2D eigenvalue weighted by atomic mass is 10.0. The predicted molar refractivity (Wildman–Crippen MR) is 105 cm³/mol. The van der Waals surface area contributed by atoms with Gasteiger partial charge in [-0.15, -0.1) is 0 Å². The second-order valence-electron chi connectivity index (χ2n) is 8.56. The lowest BCUT2D eigenvalue weighted by Gasteiger charge is -2.51. The van der Waals surface area contributed by atoms with Crippen molar-refractivity contribution in [2.45, 2.75) is 77.4 Å². The summed E-state index contributed by atoms with van der Waals surface area (Å²) in [6, 6.07) is 0.164. The van der Waals surface area contributed by atoms with Crippen molar-refractivity contribution < 1.29 is 28.4 Å². The summed E-state index contributed by atoms with van der Waals surface area (Å²) in [7, 11) is 3.12. The number of hydrogen-bond donors (Lipinski definition) is 0. The molecule has 3 aliphatic heterocycles. The summed E-state index contributed by atoms with van der Waals surface area (Å²) in [4.78, 5) is 9.49. The molecule has 0 aromatic carbocycles. The van der Waals surface area contributed by atoms with Crippen LogP contribution in [0.25, 0.3) is 0 Å². The molecule has 6 atom stereocenters. The largest absolute Gasteiger partial charge is 0.477 e. The van der Waals surface area contributed by atoms with Crippen LogP contribution < -0.4 is 0 Å². The Hall–Kier alpha value is -1.22. The van der Waals surface area contributed by atoms with Crippen LogP contribution in [0.5, 0.6) is 0 Å². The smallest absolute Gasteiger partial charge is 0.221 e. The van der Waals surface area contributed by atoms with Crippen LogP contribution in [0.15, 0.2) is 9.98 Å². The lowest BCUT2D eigenvalue weighted by Crippen LogP contribution is -2.68. The van der Waals surface area contributed by atoms with Crippen LogP contribution >= 0.6 is 0 Å². The highest BCUT2D eigenvalue weighted by Gasteiger charge is 2.60. The maximum Gasteiger partial charge on any atom is 0.221 e. The van der Waals surface area contributed by atoms with Crippen LogP contribution in [0.2, 0.25) is 0 Å². The third kappa shape index (κ3) is 3.67. The fraction of sp³-hybridized carbons (Fsp3) is 0.900. The summed E-state index contributed by atoms with van der Waals surface area (Å²) in [5.74, 6) is -0.621. The van der Waals surface area contributed by atoms with Gasteiger partial charge in [-0.25, -0.2) is 9.98 Å². The zero-order valence-corrected chi connectivity index (χ0v) is 18.2. The van der Waals surface area contributed by atoms with Gasteiger partial charge in [0.15, 0.2) is 12.2 Å². The number of ether oxygens (including phenoxy) is 6. The van der Waals surface area contributed by atoms with Crippen molar-refractivity contribution in [1.82, 2.24) is 0 Å². The average Bonchev–Trinajstić information content (AvgIpc) is 3.33. The van der Waals surface area contributed by atoms with Crippen molar-refractivity contribution >= 4 is 11.8 Å². The number of hydrogen-bond acceptors (Lipinski definition) is 8. The third-order valence-corrected chi connectivity index (χ3v) is 6.00. The third-order valence-electron chi connectivity index (χ3n) is 6.00. The molecule has 0 amide bonds. The highest BCUT2D eigenvalue weighted by Crippen LogP contribution is 2.41. The molecule has 0 unspecified atom stereocenters. The van der Waals surface area contributed by atoms with E-state index in [1.54, 1.807) is 28.1 Å². The molecule has 3 aliphatic rings. The number of aliphatic imine (C=N–C) groups is 2. The highest BCUT2D eigenvalue weighted by molar-refractivity contribution is 5.92. The first kappa shape index (κ1) is 21.5. The molecule has 8 nitrogen and oxygen atoms in total. The Morgan fingerprint density at radius 3 is 1.39 bits per heavy atom. The molecular formula is C20H34N2O6. The first-order valence-corrected chi connectivity index (χ1v) is 10.0. The predicted octanol–water partition coefficient (Wildman–Crippen LogP) is 2.40. The maximum absolute atomic E-state index is 6.37. The van der Waals surface area contributed by atoms with Gasteiger partial charge in [-0.1, -0.05) is 27.7 Å². The summed E-state index contributed by atoms with van der Waals surface area (Å²) < 4.78 is 35.9. The average molecular weight is 399 g/mol. The first-order valence-electron chi connectivity index (χ1n) is 10.0. The Morgan fingerprint density at radius 1 is 0.786 bits per heavy atom. The highest BCUT2D eigenvalue weighted by atomic mass is 16.8. The van der Waals surface area contributed by atoms with Crippen molar-refractivity contribution in [1.29, 1.82) is 0 Å². The summed E-state index contributed by atoms with van der Waals surface area (Å²) in [6.07, 6.45) is -1.27. The Bertz CT molecular complexity index is 582. The van der Waals surface area contributed by atoms with E-state index in [1.807, 2.05) is 0 Å². The van der Waals surface area contributed by atoms with Gasteiger partial charge >= 0.3 is 0 Å². The van der Waals surface area contributed by atoms with E-state index in [2.05, 4.69) is 27.7 Å². The zero-order chi connectivity index (χ0) is 20.7. The molecule has 0 saturated carbocycles. The summed E-state index contributed by atoms with van der Waals surface area (Å²) in [5, 5.41) is 0. The first-order chi connectivity index (χ1) is 13.1. The molecule has 3 heterocycles. The Labute approximate surface area is 167 Å². The van der Waals surface area contributed by atoms with Gasteiger partial charge in [-0.3, -0.25) is 0 Å². The van der Waals surface area contributed by atoms with Crippen LogP contribution in [0.3, 0.4) is 0 Å². The topological polar surface area (TPSA) is 80.1 Å².